The molecule has 0 aliphatic carbocycles. The molecule has 0 aliphatic rings. The lowest BCUT2D eigenvalue weighted by atomic mass is 9.98. The number of nitrogens with zero attached hydrogens (tertiary/aromatic N) is 2. The number of guanidine groups is 1. The Bertz CT molecular complexity index is 655. The van der Waals surface area contributed by atoms with Crippen molar-refractivity contribution in [2.75, 3.05) is 32.1 Å². The summed E-state index contributed by atoms with van der Waals surface area (Å²) in [5, 5.41) is 8.39. The third-order valence-corrected chi connectivity index (χ3v) is 4.58. The van der Waals surface area contributed by atoms with Crippen LogP contribution in [0.5, 0.6) is 5.75 Å². The van der Waals surface area contributed by atoms with Crippen LogP contribution in [0.3, 0.4) is 0 Å². The predicted octanol–water partition coefficient (Wildman–Crippen LogP) is 4.58. The predicted molar refractivity (Wildman–Crippen MR) is 106 cm³/mol. The van der Waals surface area contributed by atoms with Crippen LogP contribution in [0.2, 0.25) is 0 Å². The van der Waals surface area contributed by atoms with Gasteiger partial charge in [0.1, 0.15) is 12.4 Å². The van der Waals surface area contributed by atoms with E-state index in [-0.39, 0.29) is 0 Å². The Kier molecular flexibility index (Phi) is 6.87. The number of anilines is 1. The number of hydrogen-bond acceptors (Lipinski definition) is 2. The Labute approximate surface area is 151 Å². The van der Waals surface area contributed by atoms with Crippen LogP contribution in [0.4, 0.5) is 5.69 Å². The highest BCUT2D eigenvalue weighted by Crippen LogP contribution is 2.22. The van der Waals surface area contributed by atoms with E-state index in [9.17, 15) is 0 Å². The Morgan fingerprint density at radius 1 is 1.04 bits per heavy atom. The molecule has 0 radical (unpaired) electrons. The Morgan fingerprint density at radius 2 is 1.68 bits per heavy atom. The minimum atomic E-state index is 0.452. The third-order valence-electron chi connectivity index (χ3n) is 4.58. The van der Waals surface area contributed by atoms with Crippen LogP contribution < -0.4 is 9.64 Å². The molecule has 1 atom stereocenters. The van der Waals surface area contributed by atoms with Crippen molar-refractivity contribution in [3.8, 4) is 5.75 Å². The molecule has 0 fully saturated rings. The SMILES string of the molecule is CCC(C)c1ccc(N(C)C(=N)N(C)CCOc2ccccc2)cc1. The lowest BCUT2D eigenvalue weighted by Gasteiger charge is -2.28. The molecule has 0 aromatic heterocycles. The van der Waals surface area contributed by atoms with E-state index in [1.165, 1.54) is 5.56 Å². The molecule has 0 aliphatic heterocycles. The molecule has 0 saturated carbocycles. The second-order valence-electron chi connectivity index (χ2n) is 6.37. The van der Waals surface area contributed by atoms with E-state index in [1.54, 1.807) is 0 Å². The van der Waals surface area contributed by atoms with Gasteiger partial charge >= 0.3 is 0 Å². The molecule has 0 heterocycles. The molecule has 25 heavy (non-hydrogen) atoms. The van der Waals surface area contributed by atoms with Gasteiger partial charge in [-0.1, -0.05) is 44.2 Å². The normalized spacial score (nSPS) is 11.7. The first-order valence-electron chi connectivity index (χ1n) is 8.84. The van der Waals surface area contributed by atoms with Crippen LogP contribution in [0, 0.1) is 5.41 Å². The largest absolute Gasteiger partial charge is 0.492 e. The van der Waals surface area contributed by atoms with E-state index in [2.05, 4.69) is 38.1 Å². The summed E-state index contributed by atoms with van der Waals surface area (Å²) in [4.78, 5) is 3.79. The summed E-state index contributed by atoms with van der Waals surface area (Å²) < 4.78 is 5.71. The fourth-order valence-electron chi connectivity index (χ4n) is 2.56. The van der Waals surface area contributed by atoms with E-state index in [0.29, 0.717) is 25.0 Å². The van der Waals surface area contributed by atoms with Crippen molar-refractivity contribution in [3.63, 3.8) is 0 Å². The molecule has 2 aromatic rings. The molecule has 134 valence electrons. The van der Waals surface area contributed by atoms with E-state index in [0.717, 1.165) is 17.9 Å². The lowest BCUT2D eigenvalue weighted by Crippen LogP contribution is -2.41. The zero-order chi connectivity index (χ0) is 18.2. The van der Waals surface area contributed by atoms with Gasteiger partial charge in [0.25, 0.3) is 0 Å². The molecular formula is C21H29N3O. The van der Waals surface area contributed by atoms with Crippen molar-refractivity contribution in [2.45, 2.75) is 26.2 Å². The quantitative estimate of drug-likeness (QED) is 0.593. The number of nitrogens with one attached hydrogen (secondary N) is 1. The van der Waals surface area contributed by atoms with E-state index in [1.807, 2.05) is 54.2 Å². The maximum absolute atomic E-state index is 8.39. The van der Waals surface area contributed by atoms with E-state index in [4.69, 9.17) is 10.1 Å². The summed E-state index contributed by atoms with van der Waals surface area (Å²) in [6, 6.07) is 18.3. The van der Waals surface area contributed by atoms with Crippen LogP contribution in [0.15, 0.2) is 54.6 Å². The summed E-state index contributed by atoms with van der Waals surface area (Å²) >= 11 is 0. The van der Waals surface area contributed by atoms with Gasteiger partial charge in [-0.2, -0.15) is 0 Å². The van der Waals surface area contributed by atoms with Gasteiger partial charge in [0.05, 0.1) is 6.54 Å². The highest BCUT2D eigenvalue weighted by atomic mass is 16.5. The van der Waals surface area contributed by atoms with Crippen LogP contribution in [-0.2, 0) is 0 Å². The zero-order valence-corrected chi connectivity index (χ0v) is 15.7. The molecule has 0 bridgehead atoms. The number of likely N-dealkylation sites (N-methyl/N-ethyl adjacent to an activating group) is 1. The van der Waals surface area contributed by atoms with Crippen molar-refractivity contribution in [2.24, 2.45) is 0 Å². The molecule has 4 heteroatoms. The van der Waals surface area contributed by atoms with Crippen molar-refractivity contribution in [1.82, 2.24) is 4.90 Å². The fourth-order valence-corrected chi connectivity index (χ4v) is 2.56. The highest BCUT2D eigenvalue weighted by molar-refractivity contribution is 5.93. The molecule has 0 saturated heterocycles. The average Bonchev–Trinajstić information content (AvgIpc) is 2.67. The number of para-hydroxylation sites is 1. The smallest absolute Gasteiger partial charge is 0.197 e. The molecule has 4 nitrogen and oxygen atoms in total. The van der Waals surface area contributed by atoms with Crippen LogP contribution in [0.25, 0.3) is 0 Å². The minimum Gasteiger partial charge on any atom is -0.492 e. The Balaban J connectivity index is 1.87. The van der Waals surface area contributed by atoms with Gasteiger partial charge in [-0.25, -0.2) is 0 Å². The van der Waals surface area contributed by atoms with Gasteiger partial charge < -0.3 is 14.5 Å². The van der Waals surface area contributed by atoms with Crippen molar-refractivity contribution in [3.05, 3.63) is 60.2 Å². The van der Waals surface area contributed by atoms with Crippen molar-refractivity contribution in [1.29, 1.82) is 5.41 Å². The first-order chi connectivity index (χ1) is 12.0. The van der Waals surface area contributed by atoms with Gasteiger partial charge in [-0.3, -0.25) is 5.41 Å². The fraction of sp³-hybridized carbons (Fsp3) is 0.381. The molecule has 0 amide bonds. The first-order valence-corrected chi connectivity index (χ1v) is 8.84. The maximum Gasteiger partial charge on any atom is 0.197 e. The van der Waals surface area contributed by atoms with Crippen LogP contribution >= 0.6 is 0 Å². The Morgan fingerprint density at radius 3 is 2.28 bits per heavy atom. The summed E-state index contributed by atoms with van der Waals surface area (Å²) in [6.07, 6.45) is 1.13. The summed E-state index contributed by atoms with van der Waals surface area (Å²) in [5.74, 6) is 1.88. The van der Waals surface area contributed by atoms with E-state index < -0.39 is 0 Å². The number of benzene rings is 2. The highest BCUT2D eigenvalue weighted by Gasteiger charge is 2.12. The summed E-state index contributed by atoms with van der Waals surface area (Å²) in [7, 11) is 3.84. The van der Waals surface area contributed by atoms with E-state index >= 15 is 0 Å². The molecule has 2 rings (SSSR count). The molecular weight excluding hydrogens is 310 g/mol. The third kappa shape index (κ3) is 5.24. The molecule has 2 aromatic carbocycles. The topological polar surface area (TPSA) is 39.6 Å². The van der Waals surface area contributed by atoms with Gasteiger partial charge in [-0.15, -0.1) is 0 Å². The average molecular weight is 339 g/mol. The second-order valence-corrected chi connectivity index (χ2v) is 6.37. The molecule has 1 unspecified atom stereocenters. The molecule has 1 N–H and O–H groups in total. The Hall–Kier alpha value is -2.49. The van der Waals surface area contributed by atoms with Gasteiger partial charge in [-0.05, 0) is 42.2 Å². The standard InChI is InChI=1S/C21H29N3O/c1-5-17(2)18-11-13-19(14-12-18)24(4)21(22)23(3)15-16-25-20-9-7-6-8-10-20/h6-14,17,22H,5,15-16H2,1-4H3. The summed E-state index contributed by atoms with van der Waals surface area (Å²) in [5.41, 5.74) is 2.36. The van der Waals surface area contributed by atoms with Crippen LogP contribution in [0.1, 0.15) is 31.7 Å². The minimum absolute atomic E-state index is 0.452. The molecule has 0 spiro atoms. The first kappa shape index (κ1) is 18.8. The van der Waals surface area contributed by atoms with Gasteiger partial charge in [0.2, 0.25) is 0 Å². The van der Waals surface area contributed by atoms with Crippen molar-refractivity contribution < 1.29 is 4.74 Å². The summed E-state index contributed by atoms with van der Waals surface area (Å²) in [6.45, 7) is 5.64. The monoisotopic (exact) mass is 339 g/mol. The second kappa shape index (κ2) is 9.11. The van der Waals surface area contributed by atoms with Gasteiger partial charge in [0.15, 0.2) is 5.96 Å². The van der Waals surface area contributed by atoms with Crippen LogP contribution in [-0.4, -0.2) is 38.1 Å². The number of hydrogen-bond donors (Lipinski definition) is 1. The van der Waals surface area contributed by atoms with Gasteiger partial charge in [0, 0.05) is 19.8 Å². The zero-order valence-electron chi connectivity index (χ0n) is 15.7. The lowest BCUT2D eigenvalue weighted by molar-refractivity contribution is 0.282. The number of ether oxygens (including phenoxy) is 1. The maximum atomic E-state index is 8.39. The van der Waals surface area contributed by atoms with Crippen molar-refractivity contribution >= 4 is 11.6 Å². The number of rotatable bonds is 7.